The van der Waals surface area contributed by atoms with Crippen molar-refractivity contribution in [2.24, 2.45) is 5.92 Å². The molecule has 4 amide bonds. The number of rotatable bonds is 19. The maximum Gasteiger partial charge on any atom is 2.00 e. The molecule has 15 heteroatoms. The average Bonchev–Trinajstić information content (AvgIpc) is 3.08. The van der Waals surface area contributed by atoms with Crippen LogP contribution in [0.4, 0.5) is 4.79 Å². The van der Waals surface area contributed by atoms with Crippen LogP contribution in [0.25, 0.3) is 0 Å². The summed E-state index contributed by atoms with van der Waals surface area (Å²) < 4.78 is 28.5. The molecule has 1 aliphatic heterocycles. The first-order valence-corrected chi connectivity index (χ1v) is 19.4. The fraction of sp³-hybridized carbons (Fsp3) is 0.462. The number of phosphoric acid groups is 1. The van der Waals surface area contributed by atoms with Crippen LogP contribution in [0.3, 0.4) is 0 Å². The first kappa shape index (κ1) is 45.4. The van der Waals surface area contributed by atoms with Gasteiger partial charge in [-0.25, -0.2) is 4.79 Å². The Balaban J connectivity index is 0.00000784. The zero-order valence-electron chi connectivity index (χ0n) is 31.7. The van der Waals surface area contributed by atoms with Gasteiger partial charge in [0, 0.05) is 19.1 Å². The normalized spacial score (nSPS) is 15.9. The third-order valence-electron chi connectivity index (χ3n) is 9.03. The molecule has 288 valence electrons. The molecular formula is C39H51CaN4O9P. The summed E-state index contributed by atoms with van der Waals surface area (Å²) in [5.74, 6) is -0.461. The molecule has 1 heterocycles. The average molecular weight is 791 g/mol. The summed E-state index contributed by atoms with van der Waals surface area (Å²) in [5, 5.41) is 8.99. The van der Waals surface area contributed by atoms with E-state index in [2.05, 4.69) is 16.0 Å². The summed E-state index contributed by atoms with van der Waals surface area (Å²) in [6.07, 6.45) is -1.18. The Labute approximate surface area is 348 Å². The van der Waals surface area contributed by atoms with Crippen LogP contribution in [0.5, 0.6) is 5.75 Å². The molecule has 0 spiro atoms. The maximum absolute atomic E-state index is 14.1. The van der Waals surface area contributed by atoms with E-state index in [0.29, 0.717) is 31.7 Å². The number of phosphoric ester groups is 1. The second kappa shape index (κ2) is 21.9. The standard InChI is InChI=1S/C39H53N4O9P.Ca/c1-26(2)36(43-21-13-20-40-39(43)46)38(45)41-32(22-30-16-8-6-9-17-30)24-34(51-29(5)52-53(47,48)49)33(23-31-18-10-7-11-19-31)42-35(44)25-50-37-27(3)14-12-15-28(37)4;/h6-12,14-19,26,29,32-34,36H,13,20-25H2,1-5H3,(H,40,46)(H,41,45)(H,42,44)(H2,47,48,49);/q;+2/p-2/t29?,32-,33-,34?,36-;/m0./s1. The van der Waals surface area contributed by atoms with Gasteiger partial charge in [0.25, 0.3) is 5.91 Å². The van der Waals surface area contributed by atoms with Crippen molar-refractivity contribution in [3.8, 4) is 5.75 Å². The smallest absolute Gasteiger partial charge is 0.790 e. The molecule has 1 saturated heterocycles. The van der Waals surface area contributed by atoms with Crippen LogP contribution in [0, 0.1) is 19.8 Å². The van der Waals surface area contributed by atoms with Crippen molar-refractivity contribution in [1.82, 2.24) is 20.9 Å². The summed E-state index contributed by atoms with van der Waals surface area (Å²) in [7, 11) is -5.46. The number of carbonyl (C=O) groups excluding carboxylic acids is 3. The Morgan fingerprint density at radius 2 is 1.48 bits per heavy atom. The number of hydrogen-bond donors (Lipinski definition) is 3. The largest absolute Gasteiger partial charge is 2.00 e. The molecule has 5 atom stereocenters. The number of aryl methyl sites for hydroxylation is 2. The molecule has 3 aromatic rings. The summed E-state index contributed by atoms with van der Waals surface area (Å²) in [6.45, 7) is 9.44. The Bertz CT molecular complexity index is 1680. The molecule has 4 rings (SSSR count). The first-order valence-electron chi connectivity index (χ1n) is 18.0. The van der Waals surface area contributed by atoms with Gasteiger partial charge in [-0.1, -0.05) is 92.7 Å². The van der Waals surface area contributed by atoms with E-state index >= 15 is 0 Å². The molecule has 13 nitrogen and oxygen atoms in total. The van der Waals surface area contributed by atoms with E-state index in [1.54, 1.807) is 4.90 Å². The van der Waals surface area contributed by atoms with Gasteiger partial charge in [-0.2, -0.15) is 0 Å². The van der Waals surface area contributed by atoms with Crippen molar-refractivity contribution >= 4 is 63.4 Å². The molecule has 2 unspecified atom stereocenters. The summed E-state index contributed by atoms with van der Waals surface area (Å²) >= 11 is 0. The minimum absolute atomic E-state index is 0. The molecule has 3 N–H and O–H groups in total. The molecule has 0 aromatic heterocycles. The second-order valence-corrected chi connectivity index (χ2v) is 14.9. The monoisotopic (exact) mass is 790 g/mol. The SMILES string of the molecule is Cc1cccc(C)c1OCC(=O)N[C@@H](Cc1ccccc1)C(C[C@H](Cc1ccccc1)NC(=O)[C@H](C(C)C)N1CCCNC1=O)OC(C)OP(=O)([O-])[O-].[Ca+2]. The van der Waals surface area contributed by atoms with Gasteiger partial charge in [0.2, 0.25) is 5.91 Å². The number of benzene rings is 3. The van der Waals surface area contributed by atoms with Crippen molar-refractivity contribution in [2.45, 2.75) is 90.8 Å². The van der Waals surface area contributed by atoms with Crippen LogP contribution >= 0.6 is 7.82 Å². The maximum atomic E-state index is 14.1. The van der Waals surface area contributed by atoms with Gasteiger partial charge in [0.15, 0.2) is 12.9 Å². The van der Waals surface area contributed by atoms with Crippen molar-refractivity contribution in [2.75, 3.05) is 19.7 Å². The molecule has 1 aliphatic rings. The zero-order chi connectivity index (χ0) is 38.5. The predicted molar refractivity (Wildman–Crippen MR) is 202 cm³/mol. The molecule has 0 aliphatic carbocycles. The summed E-state index contributed by atoms with van der Waals surface area (Å²) in [4.78, 5) is 65.4. The van der Waals surface area contributed by atoms with Crippen LogP contribution in [0.2, 0.25) is 0 Å². The van der Waals surface area contributed by atoms with E-state index in [-0.39, 0.29) is 75.0 Å². The number of nitrogens with zero attached hydrogens (tertiary/aromatic N) is 1. The minimum Gasteiger partial charge on any atom is -0.790 e. The Kier molecular flexibility index (Phi) is 18.4. The number of para-hydroxylation sites is 1. The minimum atomic E-state index is -5.46. The first-order chi connectivity index (χ1) is 25.2. The Morgan fingerprint density at radius 3 is 2.04 bits per heavy atom. The van der Waals surface area contributed by atoms with Crippen LogP contribution < -0.4 is 30.5 Å². The molecule has 0 bridgehead atoms. The predicted octanol–water partition coefficient (Wildman–Crippen LogP) is 3.16. The van der Waals surface area contributed by atoms with Gasteiger partial charge in [-0.15, -0.1) is 0 Å². The van der Waals surface area contributed by atoms with Crippen molar-refractivity contribution in [3.05, 3.63) is 101 Å². The summed E-state index contributed by atoms with van der Waals surface area (Å²) in [6, 6.07) is 21.9. The van der Waals surface area contributed by atoms with Gasteiger partial charge in [0.05, 0.1) is 20.0 Å². The summed E-state index contributed by atoms with van der Waals surface area (Å²) in [5.41, 5.74) is 3.47. The van der Waals surface area contributed by atoms with Crippen LogP contribution in [0.1, 0.15) is 55.9 Å². The Morgan fingerprint density at radius 1 is 0.889 bits per heavy atom. The van der Waals surface area contributed by atoms with Crippen molar-refractivity contribution in [3.63, 3.8) is 0 Å². The fourth-order valence-electron chi connectivity index (χ4n) is 6.70. The van der Waals surface area contributed by atoms with E-state index < -0.39 is 44.2 Å². The van der Waals surface area contributed by atoms with Crippen LogP contribution in [-0.4, -0.2) is 111 Å². The van der Waals surface area contributed by atoms with E-state index in [1.165, 1.54) is 6.92 Å². The molecule has 3 aromatic carbocycles. The van der Waals surface area contributed by atoms with E-state index in [4.69, 9.17) is 14.0 Å². The van der Waals surface area contributed by atoms with E-state index in [0.717, 1.165) is 22.3 Å². The van der Waals surface area contributed by atoms with Crippen molar-refractivity contribution in [1.29, 1.82) is 0 Å². The van der Waals surface area contributed by atoms with E-state index in [1.807, 2.05) is 107 Å². The quantitative estimate of drug-likeness (QED) is 0.0934. The number of amides is 4. The van der Waals surface area contributed by atoms with Crippen molar-refractivity contribution < 1.29 is 42.7 Å². The molecule has 0 radical (unpaired) electrons. The van der Waals surface area contributed by atoms with Gasteiger partial charge >= 0.3 is 43.8 Å². The van der Waals surface area contributed by atoms with Crippen LogP contribution in [0.15, 0.2) is 78.9 Å². The number of urea groups is 1. The molecule has 54 heavy (non-hydrogen) atoms. The number of ether oxygens (including phenoxy) is 2. The van der Waals surface area contributed by atoms with Gasteiger partial charge < -0.3 is 49.2 Å². The number of carbonyl (C=O) groups is 3. The van der Waals surface area contributed by atoms with Gasteiger partial charge in [-0.05, 0) is 74.6 Å². The number of hydrogen-bond acceptors (Lipinski definition) is 9. The number of nitrogens with one attached hydrogen (secondary N) is 3. The van der Waals surface area contributed by atoms with Gasteiger partial charge in [-0.3, -0.25) is 9.59 Å². The second-order valence-electron chi connectivity index (χ2n) is 13.8. The van der Waals surface area contributed by atoms with Gasteiger partial charge in [0.1, 0.15) is 11.8 Å². The zero-order valence-corrected chi connectivity index (χ0v) is 34.8. The Hall–Kier alpha value is -3.00. The van der Waals surface area contributed by atoms with Crippen LogP contribution in [-0.2, 0) is 36.3 Å². The third-order valence-corrected chi connectivity index (χ3v) is 9.59. The molecule has 0 saturated carbocycles. The fourth-order valence-corrected chi connectivity index (χ4v) is 7.11. The molecule has 1 fully saturated rings. The molecular weight excluding hydrogens is 740 g/mol. The topological polar surface area (TPSA) is 181 Å². The van der Waals surface area contributed by atoms with E-state index in [9.17, 15) is 28.7 Å². The third kappa shape index (κ3) is 14.6.